The first-order chi connectivity index (χ1) is 17.6. The average molecular weight is 491 g/mol. The van der Waals surface area contributed by atoms with Gasteiger partial charge in [-0.2, -0.15) is 0 Å². The van der Waals surface area contributed by atoms with Crippen LogP contribution in [-0.2, 0) is 0 Å². The third-order valence-electron chi connectivity index (χ3n) is 6.23. The molecular formula is C28H22N6OS. The highest BCUT2D eigenvalue weighted by Crippen LogP contribution is 2.31. The van der Waals surface area contributed by atoms with E-state index in [1.807, 2.05) is 74.0 Å². The van der Waals surface area contributed by atoms with Gasteiger partial charge in [-0.1, -0.05) is 36.4 Å². The standard InChI is InChI=1S/C28H22N6OS/c1-17(33-27-26-24(11-12-29-27)36-16-32-26)23-13-19-7-6-10-22(20-14-30-18(2)31-15-20)25(19)28(35)34(23)21-8-4-3-5-9-21/h3-17H,1-2H3,(H,29,33)/t17-/m0/s1. The van der Waals surface area contributed by atoms with E-state index in [-0.39, 0.29) is 11.6 Å². The van der Waals surface area contributed by atoms with Gasteiger partial charge in [0.25, 0.3) is 5.56 Å². The van der Waals surface area contributed by atoms with Crippen molar-refractivity contribution in [3.05, 3.63) is 107 Å². The predicted molar refractivity (Wildman–Crippen MR) is 145 cm³/mol. The van der Waals surface area contributed by atoms with Crippen LogP contribution in [0.4, 0.5) is 5.82 Å². The van der Waals surface area contributed by atoms with Gasteiger partial charge in [-0.3, -0.25) is 9.36 Å². The summed E-state index contributed by atoms with van der Waals surface area (Å²) < 4.78 is 2.84. The van der Waals surface area contributed by atoms with Gasteiger partial charge in [0.05, 0.1) is 21.6 Å². The molecule has 0 fully saturated rings. The number of fused-ring (bicyclic) bond motifs is 2. The summed E-state index contributed by atoms with van der Waals surface area (Å²) in [6.45, 7) is 3.88. The summed E-state index contributed by atoms with van der Waals surface area (Å²) in [5.74, 6) is 1.38. The van der Waals surface area contributed by atoms with Crippen LogP contribution in [0.5, 0.6) is 0 Å². The van der Waals surface area contributed by atoms with Gasteiger partial charge in [0.15, 0.2) is 5.82 Å². The molecule has 7 nitrogen and oxygen atoms in total. The third kappa shape index (κ3) is 3.81. The molecule has 4 heterocycles. The Labute approximate surface area is 211 Å². The SMILES string of the molecule is Cc1ncc(-c2cccc3cc([C@H](C)Nc4nccc5scnc45)n(-c4ccccc4)c(=O)c23)cn1. The molecule has 0 aliphatic rings. The van der Waals surface area contributed by atoms with Gasteiger partial charge in [-0.05, 0) is 49.1 Å². The highest BCUT2D eigenvalue weighted by Gasteiger charge is 2.20. The summed E-state index contributed by atoms with van der Waals surface area (Å²) >= 11 is 1.57. The predicted octanol–water partition coefficient (Wildman–Crippen LogP) is 5.93. The number of para-hydroxylation sites is 1. The van der Waals surface area contributed by atoms with Crippen LogP contribution < -0.4 is 10.9 Å². The molecule has 4 aromatic heterocycles. The number of nitrogens with zero attached hydrogens (tertiary/aromatic N) is 5. The third-order valence-corrected chi connectivity index (χ3v) is 7.02. The van der Waals surface area contributed by atoms with Crippen molar-refractivity contribution in [2.45, 2.75) is 19.9 Å². The van der Waals surface area contributed by atoms with E-state index < -0.39 is 0 Å². The summed E-state index contributed by atoms with van der Waals surface area (Å²) in [6.07, 6.45) is 5.31. The monoisotopic (exact) mass is 490 g/mol. The molecular weight excluding hydrogens is 468 g/mol. The van der Waals surface area contributed by atoms with Crippen molar-refractivity contribution in [1.29, 1.82) is 0 Å². The minimum atomic E-state index is -0.228. The van der Waals surface area contributed by atoms with E-state index in [9.17, 15) is 4.79 Å². The quantitative estimate of drug-likeness (QED) is 0.322. The minimum Gasteiger partial charge on any atom is -0.360 e. The first kappa shape index (κ1) is 22.1. The second-order valence-corrected chi connectivity index (χ2v) is 9.45. The lowest BCUT2D eigenvalue weighted by Crippen LogP contribution is -2.26. The van der Waals surface area contributed by atoms with Crippen LogP contribution in [0.25, 0.3) is 37.8 Å². The maximum absolute atomic E-state index is 14.2. The Kier molecular flexibility index (Phi) is 5.50. The fourth-order valence-corrected chi connectivity index (χ4v) is 5.17. The highest BCUT2D eigenvalue weighted by molar-refractivity contribution is 7.16. The zero-order valence-corrected chi connectivity index (χ0v) is 20.5. The molecule has 0 amide bonds. The van der Waals surface area contributed by atoms with Gasteiger partial charge in [0, 0.05) is 35.5 Å². The molecule has 36 heavy (non-hydrogen) atoms. The summed E-state index contributed by atoms with van der Waals surface area (Å²) in [6, 6.07) is 19.4. The number of thiazole rings is 1. The Bertz CT molecular complexity index is 1760. The van der Waals surface area contributed by atoms with Gasteiger partial charge >= 0.3 is 0 Å². The number of anilines is 1. The summed E-state index contributed by atoms with van der Waals surface area (Å²) in [5, 5.41) is 4.98. The zero-order chi connectivity index (χ0) is 24.6. The van der Waals surface area contributed by atoms with E-state index in [0.29, 0.717) is 17.0 Å². The Morgan fingerprint density at radius 1 is 0.944 bits per heavy atom. The van der Waals surface area contributed by atoms with E-state index in [1.165, 1.54) is 0 Å². The molecule has 0 saturated heterocycles. The smallest absolute Gasteiger partial charge is 0.263 e. The molecule has 0 aliphatic heterocycles. The number of pyridine rings is 2. The van der Waals surface area contributed by atoms with Gasteiger partial charge in [0.2, 0.25) is 0 Å². The Hall–Kier alpha value is -4.43. The molecule has 6 rings (SSSR count). The molecule has 2 aromatic carbocycles. The zero-order valence-electron chi connectivity index (χ0n) is 19.7. The van der Waals surface area contributed by atoms with E-state index >= 15 is 0 Å². The summed E-state index contributed by atoms with van der Waals surface area (Å²) in [7, 11) is 0. The summed E-state index contributed by atoms with van der Waals surface area (Å²) in [4.78, 5) is 31.9. The number of aromatic nitrogens is 5. The minimum absolute atomic E-state index is 0.0987. The molecule has 0 radical (unpaired) electrons. The van der Waals surface area contributed by atoms with Crippen LogP contribution in [-0.4, -0.2) is 24.5 Å². The number of rotatable bonds is 5. The van der Waals surface area contributed by atoms with Gasteiger partial charge in [0.1, 0.15) is 11.3 Å². The first-order valence-electron chi connectivity index (χ1n) is 11.6. The van der Waals surface area contributed by atoms with Crippen molar-refractivity contribution in [3.8, 4) is 16.8 Å². The first-order valence-corrected chi connectivity index (χ1v) is 12.5. The highest BCUT2D eigenvalue weighted by atomic mass is 32.1. The molecule has 8 heteroatoms. The van der Waals surface area contributed by atoms with Crippen molar-refractivity contribution in [2.75, 3.05) is 5.32 Å². The molecule has 0 unspecified atom stereocenters. The second kappa shape index (κ2) is 8.98. The number of hydrogen-bond acceptors (Lipinski definition) is 7. The van der Waals surface area contributed by atoms with Crippen molar-refractivity contribution in [3.63, 3.8) is 0 Å². The lowest BCUT2D eigenvalue weighted by molar-refractivity contribution is 0.774. The molecule has 6 aromatic rings. The summed E-state index contributed by atoms with van der Waals surface area (Å²) in [5.41, 5.74) is 5.77. The van der Waals surface area contributed by atoms with Crippen LogP contribution in [0.3, 0.4) is 0 Å². The molecule has 1 N–H and O–H groups in total. The van der Waals surface area contributed by atoms with Crippen LogP contribution in [0.15, 0.2) is 89.6 Å². The number of benzene rings is 2. The van der Waals surface area contributed by atoms with Gasteiger partial charge in [-0.25, -0.2) is 19.9 Å². The van der Waals surface area contributed by atoms with Crippen LogP contribution >= 0.6 is 11.3 Å². The van der Waals surface area contributed by atoms with Crippen LogP contribution in [0.1, 0.15) is 24.5 Å². The maximum atomic E-state index is 14.2. The number of hydrogen-bond donors (Lipinski definition) is 1. The fourth-order valence-electron chi connectivity index (χ4n) is 4.49. The van der Waals surface area contributed by atoms with Crippen LogP contribution in [0, 0.1) is 6.92 Å². The van der Waals surface area contributed by atoms with Gasteiger partial charge in [-0.15, -0.1) is 11.3 Å². The average Bonchev–Trinajstić information content (AvgIpc) is 3.39. The number of nitrogens with one attached hydrogen (secondary N) is 1. The van der Waals surface area contributed by atoms with Crippen molar-refractivity contribution < 1.29 is 0 Å². The molecule has 1 atom stereocenters. The normalized spacial score (nSPS) is 12.2. The fraction of sp³-hybridized carbons (Fsp3) is 0.107. The molecule has 0 saturated carbocycles. The Morgan fingerprint density at radius 2 is 1.75 bits per heavy atom. The topological polar surface area (TPSA) is 85.6 Å². The molecule has 0 aliphatic carbocycles. The van der Waals surface area contributed by atoms with Crippen molar-refractivity contribution >= 4 is 38.1 Å². The van der Waals surface area contributed by atoms with E-state index in [1.54, 1.807) is 34.5 Å². The number of aryl methyl sites for hydroxylation is 1. The Morgan fingerprint density at radius 3 is 2.56 bits per heavy atom. The molecule has 0 spiro atoms. The molecule has 176 valence electrons. The van der Waals surface area contributed by atoms with Crippen LogP contribution in [0.2, 0.25) is 0 Å². The Balaban J connectivity index is 1.57. The van der Waals surface area contributed by atoms with E-state index in [0.717, 1.165) is 38.1 Å². The van der Waals surface area contributed by atoms with E-state index in [4.69, 9.17) is 0 Å². The van der Waals surface area contributed by atoms with Crippen molar-refractivity contribution in [2.24, 2.45) is 0 Å². The lowest BCUT2D eigenvalue weighted by Gasteiger charge is -2.22. The maximum Gasteiger partial charge on any atom is 0.263 e. The second-order valence-electron chi connectivity index (χ2n) is 8.56. The van der Waals surface area contributed by atoms with Gasteiger partial charge < -0.3 is 5.32 Å². The van der Waals surface area contributed by atoms with E-state index in [2.05, 4.69) is 31.3 Å². The lowest BCUT2D eigenvalue weighted by atomic mass is 9.99. The largest absolute Gasteiger partial charge is 0.360 e. The molecule has 0 bridgehead atoms. The van der Waals surface area contributed by atoms with Crippen molar-refractivity contribution in [1.82, 2.24) is 24.5 Å².